The third kappa shape index (κ3) is 4.35. The Morgan fingerprint density at radius 1 is 0.944 bits per heavy atom. The standard InChI is InChI=1S/C30H31NO5/c1-16(2)23-15-24(19(5)14-25(23)36-6)28(33)26-27(20-7-9-22(32)10-8-20)31(30(35)29(26)34)21-12-17(3)11-18(4)13-21/h7-16,27,32-33H,1-6H3/b28-26+. The number of ketones is 1. The topological polar surface area (TPSA) is 87.1 Å². The van der Waals surface area contributed by atoms with Crippen molar-refractivity contribution in [3.8, 4) is 11.5 Å². The molecule has 0 spiro atoms. The predicted octanol–water partition coefficient (Wildman–Crippen LogP) is 6.08. The number of nitrogens with zero attached hydrogens (tertiary/aromatic N) is 1. The van der Waals surface area contributed by atoms with Crippen LogP contribution in [0, 0.1) is 20.8 Å². The van der Waals surface area contributed by atoms with Crippen molar-refractivity contribution in [1.82, 2.24) is 0 Å². The molecule has 186 valence electrons. The summed E-state index contributed by atoms with van der Waals surface area (Å²) in [7, 11) is 1.60. The number of aromatic hydroxyl groups is 1. The molecule has 4 rings (SSSR count). The van der Waals surface area contributed by atoms with Crippen LogP contribution < -0.4 is 9.64 Å². The summed E-state index contributed by atoms with van der Waals surface area (Å²) >= 11 is 0. The molecule has 6 nitrogen and oxygen atoms in total. The highest BCUT2D eigenvalue weighted by Crippen LogP contribution is 2.44. The molecule has 1 atom stereocenters. The molecular formula is C30H31NO5. The van der Waals surface area contributed by atoms with Crippen molar-refractivity contribution in [1.29, 1.82) is 0 Å². The highest BCUT2D eigenvalue weighted by Gasteiger charge is 2.47. The molecule has 3 aromatic rings. The number of anilines is 1. The molecule has 36 heavy (non-hydrogen) atoms. The summed E-state index contributed by atoms with van der Waals surface area (Å²) in [5, 5.41) is 21.5. The van der Waals surface area contributed by atoms with Crippen LogP contribution in [0.25, 0.3) is 5.76 Å². The molecule has 0 bridgehead atoms. The average molecular weight is 486 g/mol. The molecule has 2 N–H and O–H groups in total. The number of aryl methyl sites for hydroxylation is 3. The number of aliphatic hydroxyl groups excluding tert-OH is 1. The number of hydrogen-bond acceptors (Lipinski definition) is 5. The van der Waals surface area contributed by atoms with Crippen LogP contribution in [0.3, 0.4) is 0 Å². The van der Waals surface area contributed by atoms with Crippen LogP contribution in [-0.4, -0.2) is 29.0 Å². The summed E-state index contributed by atoms with van der Waals surface area (Å²) in [6, 6.07) is 14.8. The lowest BCUT2D eigenvalue weighted by Gasteiger charge is -2.26. The summed E-state index contributed by atoms with van der Waals surface area (Å²) in [5.41, 5.74) is 5.15. The summed E-state index contributed by atoms with van der Waals surface area (Å²) in [6.45, 7) is 9.73. The largest absolute Gasteiger partial charge is 0.508 e. The van der Waals surface area contributed by atoms with E-state index in [-0.39, 0.29) is 23.0 Å². The van der Waals surface area contributed by atoms with Crippen LogP contribution >= 0.6 is 0 Å². The zero-order valence-electron chi connectivity index (χ0n) is 21.4. The SMILES string of the molecule is COc1cc(C)c(/C(O)=C2\C(=O)C(=O)N(c3cc(C)cc(C)c3)C2c2ccc(O)cc2)cc1C(C)C. The average Bonchev–Trinajstić information content (AvgIpc) is 3.08. The van der Waals surface area contributed by atoms with Crippen LogP contribution in [0.5, 0.6) is 11.5 Å². The minimum absolute atomic E-state index is 0.00724. The number of Topliss-reactive ketones (excluding diaryl/α,β-unsaturated/α-hetero) is 1. The Balaban J connectivity index is 2.00. The minimum Gasteiger partial charge on any atom is -0.508 e. The van der Waals surface area contributed by atoms with Crippen LogP contribution in [0.2, 0.25) is 0 Å². The first-order chi connectivity index (χ1) is 17.0. The molecule has 1 unspecified atom stereocenters. The second kappa shape index (κ2) is 9.53. The van der Waals surface area contributed by atoms with Crippen molar-refractivity contribution in [3.05, 3.63) is 93.6 Å². The number of phenolic OH excluding ortho intramolecular Hbond substituents is 1. The Morgan fingerprint density at radius 3 is 2.11 bits per heavy atom. The number of amides is 1. The van der Waals surface area contributed by atoms with Gasteiger partial charge in [-0.3, -0.25) is 14.5 Å². The van der Waals surface area contributed by atoms with E-state index in [1.165, 1.54) is 17.0 Å². The minimum atomic E-state index is -0.865. The highest BCUT2D eigenvalue weighted by atomic mass is 16.5. The van der Waals surface area contributed by atoms with Crippen molar-refractivity contribution in [2.45, 2.75) is 46.6 Å². The van der Waals surface area contributed by atoms with E-state index in [2.05, 4.69) is 0 Å². The molecule has 1 fully saturated rings. The van der Waals surface area contributed by atoms with Gasteiger partial charge in [0.05, 0.1) is 18.7 Å². The van der Waals surface area contributed by atoms with Gasteiger partial charge in [-0.2, -0.15) is 0 Å². The molecule has 1 heterocycles. The Kier molecular flexibility index (Phi) is 6.63. The molecule has 1 aliphatic rings. The van der Waals surface area contributed by atoms with Crippen molar-refractivity contribution in [2.75, 3.05) is 12.0 Å². The van der Waals surface area contributed by atoms with E-state index in [1.54, 1.807) is 19.2 Å². The number of phenols is 1. The maximum atomic E-state index is 13.5. The molecule has 0 radical (unpaired) electrons. The van der Waals surface area contributed by atoms with E-state index in [0.717, 1.165) is 22.3 Å². The zero-order chi connectivity index (χ0) is 26.3. The maximum Gasteiger partial charge on any atom is 0.300 e. The first-order valence-corrected chi connectivity index (χ1v) is 11.9. The van der Waals surface area contributed by atoms with E-state index in [9.17, 15) is 19.8 Å². The Hall–Kier alpha value is -4.06. The lowest BCUT2D eigenvalue weighted by Crippen LogP contribution is -2.29. The Labute approximate surface area is 211 Å². The van der Waals surface area contributed by atoms with Gasteiger partial charge in [-0.1, -0.05) is 32.0 Å². The van der Waals surface area contributed by atoms with Gasteiger partial charge in [0, 0.05) is 11.3 Å². The lowest BCUT2D eigenvalue weighted by molar-refractivity contribution is -0.132. The van der Waals surface area contributed by atoms with Gasteiger partial charge in [0.1, 0.15) is 17.3 Å². The van der Waals surface area contributed by atoms with E-state index in [1.807, 2.05) is 65.0 Å². The predicted molar refractivity (Wildman–Crippen MR) is 141 cm³/mol. The van der Waals surface area contributed by atoms with E-state index in [0.29, 0.717) is 22.6 Å². The molecule has 0 aromatic heterocycles. The number of ether oxygens (including phenoxy) is 1. The molecule has 0 aliphatic carbocycles. The van der Waals surface area contributed by atoms with Crippen molar-refractivity contribution in [2.24, 2.45) is 0 Å². The van der Waals surface area contributed by atoms with Crippen molar-refractivity contribution < 1.29 is 24.5 Å². The van der Waals surface area contributed by atoms with Crippen molar-refractivity contribution in [3.63, 3.8) is 0 Å². The van der Waals surface area contributed by atoms with Gasteiger partial charge in [0.25, 0.3) is 11.7 Å². The van der Waals surface area contributed by atoms with Crippen LogP contribution in [0.1, 0.15) is 59.2 Å². The van der Waals surface area contributed by atoms with Gasteiger partial charge in [-0.15, -0.1) is 0 Å². The summed E-state index contributed by atoms with van der Waals surface area (Å²) in [4.78, 5) is 28.4. The van der Waals surface area contributed by atoms with Gasteiger partial charge in [0.15, 0.2) is 0 Å². The molecule has 6 heteroatoms. The summed E-state index contributed by atoms with van der Waals surface area (Å²) in [6.07, 6.45) is 0. The number of hydrogen-bond donors (Lipinski definition) is 2. The maximum absolute atomic E-state index is 13.5. The zero-order valence-corrected chi connectivity index (χ0v) is 21.4. The smallest absolute Gasteiger partial charge is 0.300 e. The van der Waals surface area contributed by atoms with Crippen LogP contribution in [-0.2, 0) is 9.59 Å². The van der Waals surface area contributed by atoms with Gasteiger partial charge in [0.2, 0.25) is 0 Å². The van der Waals surface area contributed by atoms with Gasteiger partial charge < -0.3 is 14.9 Å². The van der Waals surface area contributed by atoms with Gasteiger partial charge in [-0.05, 0) is 90.9 Å². The number of benzene rings is 3. The van der Waals surface area contributed by atoms with Crippen LogP contribution in [0.15, 0.2) is 60.2 Å². The number of carbonyl (C=O) groups excluding carboxylic acids is 2. The molecule has 1 aliphatic heterocycles. The molecule has 0 saturated carbocycles. The van der Waals surface area contributed by atoms with Crippen LogP contribution in [0.4, 0.5) is 5.69 Å². The molecular weight excluding hydrogens is 454 g/mol. The summed E-state index contributed by atoms with van der Waals surface area (Å²) in [5.74, 6) is -0.835. The van der Waals surface area contributed by atoms with Crippen molar-refractivity contribution >= 4 is 23.1 Å². The second-order valence-electron chi connectivity index (χ2n) is 9.67. The summed E-state index contributed by atoms with van der Waals surface area (Å²) < 4.78 is 5.53. The first-order valence-electron chi connectivity index (χ1n) is 11.9. The molecule has 1 amide bonds. The number of methoxy groups -OCH3 is 1. The Morgan fingerprint density at radius 2 is 1.56 bits per heavy atom. The fourth-order valence-electron chi connectivity index (χ4n) is 4.89. The molecule has 3 aromatic carbocycles. The number of rotatable bonds is 5. The lowest BCUT2D eigenvalue weighted by atomic mass is 9.91. The van der Waals surface area contributed by atoms with E-state index < -0.39 is 17.7 Å². The normalized spacial score (nSPS) is 17.2. The monoisotopic (exact) mass is 485 g/mol. The van der Waals surface area contributed by atoms with Gasteiger partial charge in [-0.25, -0.2) is 0 Å². The highest BCUT2D eigenvalue weighted by molar-refractivity contribution is 6.51. The molecule has 1 saturated heterocycles. The van der Waals surface area contributed by atoms with E-state index >= 15 is 0 Å². The quantitative estimate of drug-likeness (QED) is 0.260. The third-order valence-corrected chi connectivity index (χ3v) is 6.59. The fraction of sp³-hybridized carbons (Fsp3) is 0.267. The second-order valence-corrected chi connectivity index (χ2v) is 9.67. The first kappa shape index (κ1) is 25.0. The van der Waals surface area contributed by atoms with E-state index in [4.69, 9.17) is 4.74 Å². The number of carbonyl (C=O) groups is 2. The fourth-order valence-corrected chi connectivity index (χ4v) is 4.89. The van der Waals surface area contributed by atoms with Gasteiger partial charge >= 0.3 is 0 Å². The third-order valence-electron chi connectivity index (χ3n) is 6.59. The number of aliphatic hydroxyl groups is 1. The Bertz CT molecular complexity index is 1360.